The summed E-state index contributed by atoms with van der Waals surface area (Å²) in [6, 6.07) is 7.63. The van der Waals surface area contributed by atoms with Crippen LogP contribution in [0.4, 0.5) is 0 Å². The lowest BCUT2D eigenvalue weighted by Gasteiger charge is -2.12. The molecule has 0 saturated carbocycles. The van der Waals surface area contributed by atoms with Crippen molar-refractivity contribution < 1.29 is 9.59 Å². The molecule has 1 atom stereocenters. The van der Waals surface area contributed by atoms with Gasteiger partial charge in [0.05, 0.1) is 0 Å². The van der Waals surface area contributed by atoms with Gasteiger partial charge >= 0.3 is 0 Å². The summed E-state index contributed by atoms with van der Waals surface area (Å²) >= 11 is 0. The second kappa shape index (κ2) is 5.75. The van der Waals surface area contributed by atoms with Crippen molar-refractivity contribution in [3.63, 3.8) is 0 Å². The van der Waals surface area contributed by atoms with Crippen LogP contribution in [-0.2, 0) is 4.79 Å². The number of amides is 1. The Hall–Kier alpha value is -2.04. The fourth-order valence-electron chi connectivity index (χ4n) is 1.18. The molecule has 16 heavy (non-hydrogen) atoms. The minimum absolute atomic E-state index is 0.242. The molecule has 0 fully saturated rings. The first-order valence-electron chi connectivity index (χ1n) is 4.80. The highest BCUT2D eigenvalue weighted by molar-refractivity contribution is 5.97. The lowest BCUT2D eigenvalue weighted by molar-refractivity contribution is -0.118. The van der Waals surface area contributed by atoms with E-state index in [1.165, 1.54) is 6.92 Å². The molecular formula is C11H12N2O3. The molecule has 0 aliphatic rings. The van der Waals surface area contributed by atoms with E-state index in [2.05, 4.69) is 10.5 Å². The van der Waals surface area contributed by atoms with Gasteiger partial charge in [-0.3, -0.25) is 9.59 Å². The van der Waals surface area contributed by atoms with E-state index in [9.17, 15) is 14.5 Å². The zero-order valence-corrected chi connectivity index (χ0v) is 8.84. The number of nitrogens with zero attached hydrogens (tertiary/aromatic N) is 1. The Morgan fingerprint density at radius 3 is 2.44 bits per heavy atom. The molecular weight excluding hydrogens is 208 g/mol. The van der Waals surface area contributed by atoms with Gasteiger partial charge in [0.1, 0.15) is 12.6 Å². The first-order chi connectivity index (χ1) is 7.65. The Morgan fingerprint density at radius 2 is 1.94 bits per heavy atom. The van der Waals surface area contributed by atoms with Crippen LogP contribution in [0.5, 0.6) is 0 Å². The van der Waals surface area contributed by atoms with E-state index in [1.54, 1.807) is 30.3 Å². The molecule has 0 spiro atoms. The number of ketones is 1. The molecule has 0 aliphatic heterocycles. The van der Waals surface area contributed by atoms with Gasteiger partial charge in [-0.2, -0.15) is 4.91 Å². The van der Waals surface area contributed by atoms with Crippen molar-refractivity contribution in [3.05, 3.63) is 40.8 Å². The van der Waals surface area contributed by atoms with Gasteiger partial charge in [0.2, 0.25) is 0 Å². The number of nitrogens with one attached hydrogen (secondary N) is 1. The molecule has 1 N–H and O–H groups in total. The second-order valence-corrected chi connectivity index (χ2v) is 3.31. The molecule has 0 aliphatic carbocycles. The van der Waals surface area contributed by atoms with Crippen LogP contribution in [0.25, 0.3) is 0 Å². The van der Waals surface area contributed by atoms with E-state index in [-0.39, 0.29) is 18.2 Å². The molecule has 0 bridgehead atoms. The maximum absolute atomic E-state index is 11.6. The summed E-state index contributed by atoms with van der Waals surface area (Å²) in [5.41, 5.74) is 0.444. The highest BCUT2D eigenvalue weighted by Gasteiger charge is 2.17. The lowest BCUT2D eigenvalue weighted by atomic mass is 10.1. The molecule has 84 valence electrons. The number of Topliss-reactive ketones (excluding diaryl/α,β-unsaturated/α-hetero) is 1. The highest BCUT2D eigenvalue weighted by Crippen LogP contribution is 1.99. The first-order valence-corrected chi connectivity index (χ1v) is 4.80. The standard InChI is InChI=1S/C11H12N2O3/c1-8(14)10(7-12-16)13-11(15)9-5-3-2-4-6-9/h2-6,10H,7H2,1H3,(H,13,15). The maximum Gasteiger partial charge on any atom is 0.251 e. The molecule has 0 aromatic heterocycles. The van der Waals surface area contributed by atoms with Crippen LogP contribution in [0.1, 0.15) is 17.3 Å². The average Bonchev–Trinajstić information content (AvgIpc) is 2.29. The Balaban J connectivity index is 2.69. The van der Waals surface area contributed by atoms with Crippen molar-refractivity contribution in [3.8, 4) is 0 Å². The Bertz CT molecular complexity index is 389. The number of benzene rings is 1. The van der Waals surface area contributed by atoms with Crippen LogP contribution < -0.4 is 5.32 Å². The minimum Gasteiger partial charge on any atom is -0.340 e. The third-order valence-electron chi connectivity index (χ3n) is 2.09. The lowest BCUT2D eigenvalue weighted by Crippen LogP contribution is -2.41. The van der Waals surface area contributed by atoms with Gasteiger partial charge in [0, 0.05) is 5.56 Å². The third-order valence-corrected chi connectivity index (χ3v) is 2.09. The number of hydrogen-bond acceptors (Lipinski definition) is 4. The summed E-state index contributed by atoms with van der Waals surface area (Å²) < 4.78 is 0. The van der Waals surface area contributed by atoms with Crippen LogP contribution >= 0.6 is 0 Å². The van der Waals surface area contributed by atoms with Crippen molar-refractivity contribution in [1.29, 1.82) is 0 Å². The quantitative estimate of drug-likeness (QED) is 0.756. The fraction of sp³-hybridized carbons (Fsp3) is 0.273. The number of carbonyl (C=O) groups is 2. The van der Waals surface area contributed by atoms with E-state index in [0.717, 1.165) is 0 Å². The van der Waals surface area contributed by atoms with Crippen molar-refractivity contribution >= 4 is 11.7 Å². The summed E-state index contributed by atoms with van der Waals surface area (Å²) in [4.78, 5) is 32.8. The van der Waals surface area contributed by atoms with Crippen molar-refractivity contribution in [2.75, 3.05) is 6.54 Å². The van der Waals surface area contributed by atoms with E-state index < -0.39 is 6.04 Å². The minimum atomic E-state index is -0.842. The number of carbonyl (C=O) groups excluding carboxylic acids is 2. The van der Waals surface area contributed by atoms with Gasteiger partial charge in [0.25, 0.3) is 5.91 Å². The monoisotopic (exact) mass is 220 g/mol. The van der Waals surface area contributed by atoms with Crippen molar-refractivity contribution in [1.82, 2.24) is 5.32 Å². The van der Waals surface area contributed by atoms with Gasteiger partial charge in [-0.05, 0) is 19.1 Å². The average molecular weight is 220 g/mol. The fourth-order valence-corrected chi connectivity index (χ4v) is 1.18. The van der Waals surface area contributed by atoms with Crippen LogP contribution in [-0.4, -0.2) is 24.3 Å². The summed E-state index contributed by atoms with van der Waals surface area (Å²) in [5.74, 6) is -0.673. The van der Waals surface area contributed by atoms with Crippen LogP contribution in [0.15, 0.2) is 35.5 Å². The van der Waals surface area contributed by atoms with Crippen LogP contribution in [0.3, 0.4) is 0 Å². The van der Waals surface area contributed by atoms with Gasteiger partial charge in [-0.1, -0.05) is 23.4 Å². The molecule has 0 radical (unpaired) electrons. The predicted octanol–water partition coefficient (Wildman–Crippen LogP) is 1.14. The normalized spacial score (nSPS) is 11.6. The molecule has 1 unspecified atom stereocenters. The molecule has 0 heterocycles. The number of nitroso groups, excluding NO2 is 1. The smallest absolute Gasteiger partial charge is 0.251 e. The van der Waals surface area contributed by atoms with Crippen LogP contribution in [0, 0.1) is 4.91 Å². The second-order valence-electron chi connectivity index (χ2n) is 3.31. The molecule has 1 aromatic rings. The highest BCUT2D eigenvalue weighted by atomic mass is 16.3. The molecule has 1 aromatic carbocycles. The predicted molar refractivity (Wildman–Crippen MR) is 59.0 cm³/mol. The molecule has 1 rings (SSSR count). The van der Waals surface area contributed by atoms with Gasteiger partial charge in [0.15, 0.2) is 5.78 Å². The maximum atomic E-state index is 11.6. The first kappa shape index (κ1) is 12.0. The molecule has 5 heteroatoms. The third kappa shape index (κ3) is 3.27. The van der Waals surface area contributed by atoms with E-state index >= 15 is 0 Å². The Morgan fingerprint density at radius 1 is 1.31 bits per heavy atom. The SMILES string of the molecule is CC(=O)C(CN=O)NC(=O)c1ccccc1. The molecule has 5 nitrogen and oxygen atoms in total. The summed E-state index contributed by atoms with van der Waals surface area (Å²) in [6.45, 7) is 1.06. The zero-order chi connectivity index (χ0) is 12.0. The van der Waals surface area contributed by atoms with Gasteiger partial charge in [-0.25, -0.2) is 0 Å². The summed E-state index contributed by atoms with van der Waals surface area (Å²) in [7, 11) is 0. The van der Waals surface area contributed by atoms with E-state index in [4.69, 9.17) is 0 Å². The van der Waals surface area contributed by atoms with Crippen LogP contribution in [0.2, 0.25) is 0 Å². The van der Waals surface area contributed by atoms with Crippen molar-refractivity contribution in [2.45, 2.75) is 13.0 Å². The summed E-state index contributed by atoms with van der Waals surface area (Å²) in [5, 5.41) is 5.07. The molecule has 1 amide bonds. The largest absolute Gasteiger partial charge is 0.340 e. The number of hydrogen-bond donors (Lipinski definition) is 1. The van der Waals surface area contributed by atoms with Gasteiger partial charge < -0.3 is 5.32 Å². The van der Waals surface area contributed by atoms with Gasteiger partial charge in [-0.15, -0.1) is 0 Å². The Kier molecular flexibility index (Phi) is 4.32. The van der Waals surface area contributed by atoms with Crippen molar-refractivity contribution in [2.24, 2.45) is 5.18 Å². The zero-order valence-electron chi connectivity index (χ0n) is 8.84. The van der Waals surface area contributed by atoms with E-state index in [0.29, 0.717) is 5.56 Å². The molecule has 0 saturated heterocycles. The topological polar surface area (TPSA) is 75.6 Å². The Labute approximate surface area is 92.8 Å². The van der Waals surface area contributed by atoms with E-state index in [1.807, 2.05) is 0 Å². The number of rotatable bonds is 5. The summed E-state index contributed by atoms with van der Waals surface area (Å²) in [6.07, 6.45) is 0.